The Morgan fingerprint density at radius 2 is 2.00 bits per heavy atom. The third kappa shape index (κ3) is 4.45. The summed E-state index contributed by atoms with van der Waals surface area (Å²) >= 11 is 0. The Kier molecular flexibility index (Phi) is 5.48. The second-order valence-electron chi connectivity index (χ2n) is 6.78. The largest absolute Gasteiger partial charge is 0.381 e. The highest BCUT2D eigenvalue weighted by Gasteiger charge is 2.35. The zero-order valence-corrected chi connectivity index (χ0v) is 14.5. The molecule has 1 heterocycles. The summed E-state index contributed by atoms with van der Waals surface area (Å²) in [6.45, 7) is 4.00. The van der Waals surface area contributed by atoms with Crippen LogP contribution in [0.4, 0.5) is 0 Å². The van der Waals surface area contributed by atoms with Crippen molar-refractivity contribution in [1.29, 1.82) is 0 Å². The van der Waals surface area contributed by atoms with E-state index in [9.17, 15) is 14.4 Å². The van der Waals surface area contributed by atoms with Gasteiger partial charge in [0.05, 0.1) is 11.1 Å². The molecule has 6 heteroatoms. The van der Waals surface area contributed by atoms with Crippen LogP contribution >= 0.6 is 0 Å². The third-order valence-electron chi connectivity index (χ3n) is 4.53. The molecule has 134 valence electrons. The summed E-state index contributed by atoms with van der Waals surface area (Å²) in [6, 6.07) is 5.20. The van der Waals surface area contributed by atoms with E-state index < -0.39 is 0 Å². The smallest absolute Gasteiger partial charge is 0.261 e. The molecule has 0 unspecified atom stereocenters. The van der Waals surface area contributed by atoms with E-state index in [0.29, 0.717) is 24.3 Å². The van der Waals surface area contributed by atoms with Gasteiger partial charge in [-0.1, -0.05) is 11.6 Å². The molecule has 0 radical (unpaired) electrons. The zero-order chi connectivity index (χ0) is 17.8. The lowest BCUT2D eigenvalue weighted by molar-refractivity contribution is -0.121. The first-order valence-corrected chi connectivity index (χ1v) is 8.87. The van der Waals surface area contributed by atoms with Crippen molar-refractivity contribution in [2.45, 2.75) is 32.6 Å². The number of hydrogen-bond donors (Lipinski definition) is 1. The molecule has 1 fully saturated rings. The van der Waals surface area contributed by atoms with E-state index in [4.69, 9.17) is 4.74 Å². The van der Waals surface area contributed by atoms with E-state index in [1.54, 1.807) is 12.1 Å². The lowest BCUT2D eigenvalue weighted by atomic mass is 10.1. The summed E-state index contributed by atoms with van der Waals surface area (Å²) < 4.78 is 5.51. The number of ether oxygens (including phenoxy) is 1. The molecule has 1 N–H and O–H groups in total. The van der Waals surface area contributed by atoms with Gasteiger partial charge in [0.2, 0.25) is 5.91 Å². The normalized spacial score (nSPS) is 16.3. The number of carbonyl (C=O) groups excluding carboxylic acids is 3. The Hall–Kier alpha value is -2.21. The highest BCUT2D eigenvalue weighted by atomic mass is 16.5. The van der Waals surface area contributed by atoms with E-state index in [1.807, 2.05) is 13.0 Å². The van der Waals surface area contributed by atoms with Crippen molar-refractivity contribution in [2.24, 2.45) is 5.92 Å². The molecule has 1 aliphatic carbocycles. The standard InChI is InChI=1S/C19H24N2O4/c1-13-3-6-15-16(11-13)19(24)21(18(15)23)9-7-17(22)20-8-2-10-25-12-14-4-5-14/h3,6,11,14H,2,4-5,7-10,12H2,1H3,(H,20,22). The van der Waals surface area contributed by atoms with Gasteiger partial charge in [0.15, 0.2) is 0 Å². The topological polar surface area (TPSA) is 75.7 Å². The molecule has 0 saturated heterocycles. The highest BCUT2D eigenvalue weighted by Crippen LogP contribution is 2.28. The minimum absolute atomic E-state index is 0.107. The van der Waals surface area contributed by atoms with Crippen LogP contribution in [0.5, 0.6) is 0 Å². The summed E-state index contributed by atoms with van der Waals surface area (Å²) in [5, 5.41) is 2.80. The molecule has 1 saturated carbocycles. The van der Waals surface area contributed by atoms with Crippen LogP contribution < -0.4 is 5.32 Å². The van der Waals surface area contributed by atoms with Crippen LogP contribution in [-0.2, 0) is 9.53 Å². The van der Waals surface area contributed by atoms with E-state index in [2.05, 4.69) is 5.32 Å². The lowest BCUT2D eigenvalue weighted by Gasteiger charge is -2.13. The average molecular weight is 344 g/mol. The van der Waals surface area contributed by atoms with Crippen molar-refractivity contribution in [3.05, 3.63) is 34.9 Å². The molecular weight excluding hydrogens is 320 g/mol. The lowest BCUT2D eigenvalue weighted by Crippen LogP contribution is -2.35. The average Bonchev–Trinajstić information content (AvgIpc) is 3.38. The van der Waals surface area contributed by atoms with Crippen molar-refractivity contribution < 1.29 is 19.1 Å². The monoisotopic (exact) mass is 344 g/mol. The van der Waals surface area contributed by atoms with Gasteiger partial charge in [-0.05, 0) is 44.2 Å². The first kappa shape index (κ1) is 17.6. The van der Waals surface area contributed by atoms with Crippen molar-refractivity contribution in [1.82, 2.24) is 10.2 Å². The van der Waals surface area contributed by atoms with Gasteiger partial charge < -0.3 is 10.1 Å². The van der Waals surface area contributed by atoms with Crippen LogP contribution in [0.25, 0.3) is 0 Å². The zero-order valence-electron chi connectivity index (χ0n) is 14.5. The number of amides is 3. The summed E-state index contributed by atoms with van der Waals surface area (Å²) in [4.78, 5) is 37.6. The summed E-state index contributed by atoms with van der Waals surface area (Å²) in [7, 11) is 0. The molecule has 3 rings (SSSR count). The fraction of sp³-hybridized carbons (Fsp3) is 0.526. The molecule has 0 atom stereocenters. The highest BCUT2D eigenvalue weighted by molar-refractivity contribution is 6.21. The quantitative estimate of drug-likeness (QED) is 0.548. The Bertz CT molecular complexity index is 682. The Morgan fingerprint density at radius 1 is 1.24 bits per heavy atom. The molecule has 1 aromatic rings. The van der Waals surface area contributed by atoms with Gasteiger partial charge >= 0.3 is 0 Å². The minimum Gasteiger partial charge on any atom is -0.381 e. The van der Waals surface area contributed by atoms with E-state index >= 15 is 0 Å². The Labute approximate surface area is 147 Å². The van der Waals surface area contributed by atoms with E-state index in [0.717, 1.165) is 29.4 Å². The van der Waals surface area contributed by atoms with Gasteiger partial charge in [-0.2, -0.15) is 0 Å². The van der Waals surface area contributed by atoms with Gasteiger partial charge in [-0.15, -0.1) is 0 Å². The summed E-state index contributed by atoms with van der Waals surface area (Å²) in [5.41, 5.74) is 1.78. The van der Waals surface area contributed by atoms with Crippen molar-refractivity contribution in [3.8, 4) is 0 Å². The van der Waals surface area contributed by atoms with Gasteiger partial charge in [0, 0.05) is 32.7 Å². The predicted molar refractivity (Wildman–Crippen MR) is 92.3 cm³/mol. The maximum Gasteiger partial charge on any atom is 0.261 e. The second-order valence-corrected chi connectivity index (χ2v) is 6.78. The molecule has 0 bridgehead atoms. The molecule has 25 heavy (non-hydrogen) atoms. The molecular formula is C19H24N2O4. The fourth-order valence-corrected chi connectivity index (χ4v) is 2.85. The molecule has 6 nitrogen and oxygen atoms in total. The molecule has 2 aliphatic rings. The second kappa shape index (κ2) is 7.78. The molecule has 3 amide bonds. The molecule has 0 aromatic heterocycles. The van der Waals surface area contributed by atoms with Crippen LogP contribution in [0.1, 0.15) is 52.0 Å². The predicted octanol–water partition coefficient (Wildman–Crippen LogP) is 1.91. The summed E-state index contributed by atoms with van der Waals surface area (Å²) in [6.07, 6.45) is 3.43. The third-order valence-corrected chi connectivity index (χ3v) is 4.53. The minimum atomic E-state index is -0.318. The molecule has 0 spiro atoms. The SMILES string of the molecule is Cc1ccc2c(c1)C(=O)N(CCC(=O)NCCCOCC1CC1)C2=O. The van der Waals surface area contributed by atoms with Gasteiger partial charge in [-0.3, -0.25) is 19.3 Å². The first-order valence-electron chi connectivity index (χ1n) is 8.87. The van der Waals surface area contributed by atoms with Crippen molar-refractivity contribution in [2.75, 3.05) is 26.3 Å². The van der Waals surface area contributed by atoms with E-state index in [1.165, 1.54) is 12.8 Å². The number of fused-ring (bicyclic) bond motifs is 1. The molecule has 1 aliphatic heterocycles. The first-order chi connectivity index (χ1) is 12.1. The number of imide groups is 1. The number of aryl methyl sites for hydroxylation is 1. The van der Waals surface area contributed by atoms with Crippen LogP contribution in [-0.4, -0.2) is 48.9 Å². The van der Waals surface area contributed by atoms with Crippen LogP contribution in [0.15, 0.2) is 18.2 Å². The maximum atomic E-state index is 12.3. The van der Waals surface area contributed by atoms with Gasteiger partial charge in [0.25, 0.3) is 11.8 Å². The van der Waals surface area contributed by atoms with Crippen molar-refractivity contribution in [3.63, 3.8) is 0 Å². The fourth-order valence-electron chi connectivity index (χ4n) is 2.85. The Morgan fingerprint density at radius 3 is 2.76 bits per heavy atom. The van der Waals surface area contributed by atoms with Crippen LogP contribution in [0.3, 0.4) is 0 Å². The number of rotatable bonds is 9. The van der Waals surface area contributed by atoms with Gasteiger partial charge in [-0.25, -0.2) is 0 Å². The number of nitrogens with zero attached hydrogens (tertiary/aromatic N) is 1. The van der Waals surface area contributed by atoms with Crippen molar-refractivity contribution >= 4 is 17.7 Å². The number of carbonyl (C=O) groups is 3. The van der Waals surface area contributed by atoms with E-state index in [-0.39, 0.29) is 30.7 Å². The van der Waals surface area contributed by atoms with Gasteiger partial charge in [0.1, 0.15) is 0 Å². The molecule has 1 aromatic carbocycles. The van der Waals surface area contributed by atoms with Crippen LogP contribution in [0.2, 0.25) is 0 Å². The summed E-state index contributed by atoms with van der Waals surface area (Å²) in [5.74, 6) is -0.0424. The number of benzene rings is 1. The number of nitrogens with one attached hydrogen (secondary N) is 1. The number of hydrogen-bond acceptors (Lipinski definition) is 4. The van der Waals surface area contributed by atoms with Crippen LogP contribution in [0, 0.1) is 12.8 Å². The Balaban J connectivity index is 1.37. The maximum absolute atomic E-state index is 12.3.